The number of rotatable bonds is 4. The van der Waals surface area contributed by atoms with Crippen LogP contribution in [-0.4, -0.2) is 41.3 Å². The summed E-state index contributed by atoms with van der Waals surface area (Å²) in [5.41, 5.74) is 2.57. The van der Waals surface area contributed by atoms with Crippen molar-refractivity contribution in [2.24, 2.45) is 0 Å². The lowest BCUT2D eigenvalue weighted by Gasteiger charge is -2.21. The fourth-order valence-electron chi connectivity index (χ4n) is 3.13. The predicted octanol–water partition coefficient (Wildman–Crippen LogP) is 3.29. The molecule has 0 atom stereocenters. The van der Waals surface area contributed by atoms with Gasteiger partial charge in [-0.3, -0.25) is 9.59 Å². The minimum absolute atomic E-state index is 0.0919. The van der Waals surface area contributed by atoms with Crippen molar-refractivity contribution < 1.29 is 9.59 Å². The number of aryl methyl sites for hydroxylation is 1. The first-order valence-corrected chi connectivity index (χ1v) is 8.75. The number of carbonyl (C=O) groups excluding carboxylic acids is 2. The smallest absolute Gasteiger partial charge is 0.276 e. The zero-order valence-electron chi connectivity index (χ0n) is 14.7. The van der Waals surface area contributed by atoms with Gasteiger partial charge in [-0.2, -0.15) is 0 Å². The number of benzene rings is 1. The van der Waals surface area contributed by atoms with E-state index in [0.29, 0.717) is 17.9 Å². The molecule has 25 heavy (non-hydrogen) atoms. The molecule has 1 fully saturated rings. The highest BCUT2D eigenvalue weighted by molar-refractivity contribution is 6.05. The van der Waals surface area contributed by atoms with Crippen LogP contribution >= 0.6 is 0 Å². The number of pyridine rings is 1. The average Bonchev–Trinajstić information content (AvgIpc) is 3.16. The largest absolute Gasteiger partial charge is 0.337 e. The van der Waals surface area contributed by atoms with Crippen LogP contribution in [0.4, 0.5) is 5.69 Å². The minimum atomic E-state index is -0.191. The lowest BCUT2D eigenvalue weighted by molar-refractivity contribution is 0.0787. The van der Waals surface area contributed by atoms with Gasteiger partial charge in [-0.15, -0.1) is 0 Å². The van der Waals surface area contributed by atoms with Crippen molar-refractivity contribution in [2.75, 3.05) is 24.5 Å². The molecule has 2 heterocycles. The van der Waals surface area contributed by atoms with Gasteiger partial charge in [0.25, 0.3) is 11.8 Å². The van der Waals surface area contributed by atoms with E-state index in [0.717, 1.165) is 37.2 Å². The van der Waals surface area contributed by atoms with Gasteiger partial charge in [0.05, 0.1) is 0 Å². The second kappa shape index (κ2) is 7.47. The van der Waals surface area contributed by atoms with Crippen molar-refractivity contribution >= 4 is 17.5 Å². The molecule has 0 saturated carbocycles. The van der Waals surface area contributed by atoms with Crippen LogP contribution in [0.5, 0.6) is 0 Å². The summed E-state index contributed by atoms with van der Waals surface area (Å²) in [5.74, 6) is -0.282. The Labute approximate surface area is 148 Å². The summed E-state index contributed by atoms with van der Waals surface area (Å²) in [6.45, 7) is 6.00. The van der Waals surface area contributed by atoms with Gasteiger partial charge in [-0.1, -0.05) is 18.2 Å². The quantitative estimate of drug-likeness (QED) is 0.860. The van der Waals surface area contributed by atoms with Crippen LogP contribution in [0.2, 0.25) is 0 Å². The van der Waals surface area contributed by atoms with Crippen molar-refractivity contribution in [1.29, 1.82) is 0 Å². The highest BCUT2D eigenvalue weighted by Gasteiger charge is 2.23. The standard InChI is InChI=1S/C20H23N3O2/c1-3-23(16-9-6-8-15(2)14-16)20(25)18-11-7-10-17(21-18)19(24)22-12-4-5-13-22/h6-11,14H,3-5,12-13H2,1-2H3. The zero-order chi connectivity index (χ0) is 17.8. The Morgan fingerprint density at radius 3 is 2.44 bits per heavy atom. The fourth-order valence-corrected chi connectivity index (χ4v) is 3.13. The Hall–Kier alpha value is -2.69. The molecule has 1 aliphatic heterocycles. The summed E-state index contributed by atoms with van der Waals surface area (Å²) in [5, 5.41) is 0. The summed E-state index contributed by atoms with van der Waals surface area (Å²) in [4.78, 5) is 33.3. The first-order valence-electron chi connectivity index (χ1n) is 8.75. The fraction of sp³-hybridized carbons (Fsp3) is 0.350. The molecule has 130 valence electrons. The Morgan fingerprint density at radius 1 is 1.08 bits per heavy atom. The maximum atomic E-state index is 12.9. The van der Waals surface area contributed by atoms with Crippen LogP contribution in [0, 0.1) is 6.92 Å². The topological polar surface area (TPSA) is 53.5 Å². The first kappa shape index (κ1) is 17.1. The summed E-state index contributed by atoms with van der Waals surface area (Å²) >= 11 is 0. The van der Waals surface area contributed by atoms with Crippen LogP contribution in [0.25, 0.3) is 0 Å². The molecule has 5 heteroatoms. The van der Waals surface area contributed by atoms with E-state index in [9.17, 15) is 9.59 Å². The maximum Gasteiger partial charge on any atom is 0.276 e. The molecule has 1 aliphatic rings. The summed E-state index contributed by atoms with van der Waals surface area (Å²) in [6.07, 6.45) is 2.06. The molecule has 0 N–H and O–H groups in total. The number of amides is 2. The van der Waals surface area contributed by atoms with Crippen molar-refractivity contribution in [3.63, 3.8) is 0 Å². The molecule has 1 aromatic heterocycles. The van der Waals surface area contributed by atoms with E-state index in [2.05, 4.69) is 4.98 Å². The van der Waals surface area contributed by atoms with E-state index in [-0.39, 0.29) is 11.8 Å². The van der Waals surface area contributed by atoms with Gasteiger partial charge < -0.3 is 9.80 Å². The van der Waals surface area contributed by atoms with E-state index in [1.807, 2.05) is 38.1 Å². The Balaban J connectivity index is 1.86. The maximum absolute atomic E-state index is 12.9. The van der Waals surface area contributed by atoms with E-state index in [1.54, 1.807) is 28.0 Å². The van der Waals surface area contributed by atoms with Gasteiger partial charge in [-0.05, 0) is 56.5 Å². The molecule has 2 aromatic rings. The second-order valence-corrected chi connectivity index (χ2v) is 6.30. The molecule has 2 amide bonds. The average molecular weight is 337 g/mol. The highest BCUT2D eigenvalue weighted by atomic mass is 16.2. The van der Waals surface area contributed by atoms with E-state index in [1.165, 1.54) is 0 Å². The van der Waals surface area contributed by atoms with Crippen molar-refractivity contribution in [1.82, 2.24) is 9.88 Å². The predicted molar refractivity (Wildman–Crippen MR) is 97.9 cm³/mol. The molecule has 5 nitrogen and oxygen atoms in total. The van der Waals surface area contributed by atoms with Crippen LogP contribution in [0.15, 0.2) is 42.5 Å². The summed E-state index contributed by atoms with van der Waals surface area (Å²) < 4.78 is 0. The third-order valence-corrected chi connectivity index (χ3v) is 4.46. The van der Waals surface area contributed by atoms with Gasteiger partial charge in [0.2, 0.25) is 0 Å². The van der Waals surface area contributed by atoms with Gasteiger partial charge in [0, 0.05) is 25.3 Å². The normalized spacial score (nSPS) is 13.8. The number of likely N-dealkylation sites (tertiary alicyclic amines) is 1. The van der Waals surface area contributed by atoms with Gasteiger partial charge in [-0.25, -0.2) is 4.98 Å². The Kier molecular flexibility index (Phi) is 5.12. The summed E-state index contributed by atoms with van der Waals surface area (Å²) in [7, 11) is 0. The third kappa shape index (κ3) is 3.71. The molecule has 1 aromatic carbocycles. The molecule has 3 rings (SSSR count). The molecular formula is C20H23N3O2. The van der Waals surface area contributed by atoms with E-state index in [4.69, 9.17) is 0 Å². The molecule has 0 aliphatic carbocycles. The van der Waals surface area contributed by atoms with Crippen molar-refractivity contribution in [2.45, 2.75) is 26.7 Å². The molecule has 0 spiro atoms. The number of hydrogen-bond acceptors (Lipinski definition) is 3. The van der Waals surface area contributed by atoms with Crippen molar-refractivity contribution in [3.05, 3.63) is 59.4 Å². The van der Waals surface area contributed by atoms with Gasteiger partial charge in [0.1, 0.15) is 11.4 Å². The van der Waals surface area contributed by atoms with Gasteiger partial charge in [0.15, 0.2) is 0 Å². The molecule has 1 saturated heterocycles. The van der Waals surface area contributed by atoms with E-state index >= 15 is 0 Å². The van der Waals surface area contributed by atoms with Crippen molar-refractivity contribution in [3.8, 4) is 0 Å². The zero-order valence-corrected chi connectivity index (χ0v) is 14.7. The third-order valence-electron chi connectivity index (χ3n) is 4.46. The highest BCUT2D eigenvalue weighted by Crippen LogP contribution is 2.19. The first-order chi connectivity index (χ1) is 12.1. The lowest BCUT2D eigenvalue weighted by atomic mass is 10.2. The van der Waals surface area contributed by atoms with Crippen LogP contribution in [0.3, 0.4) is 0 Å². The van der Waals surface area contributed by atoms with Crippen LogP contribution in [0.1, 0.15) is 46.3 Å². The molecular weight excluding hydrogens is 314 g/mol. The molecule has 0 bridgehead atoms. The van der Waals surface area contributed by atoms with Crippen LogP contribution in [-0.2, 0) is 0 Å². The number of hydrogen-bond donors (Lipinski definition) is 0. The van der Waals surface area contributed by atoms with Crippen LogP contribution < -0.4 is 4.90 Å². The molecule has 0 radical (unpaired) electrons. The molecule has 0 unspecified atom stereocenters. The number of aromatic nitrogens is 1. The van der Waals surface area contributed by atoms with E-state index < -0.39 is 0 Å². The number of nitrogens with zero attached hydrogens (tertiary/aromatic N) is 3. The SMILES string of the molecule is CCN(C(=O)c1cccc(C(=O)N2CCCC2)n1)c1cccc(C)c1. The number of anilines is 1. The monoisotopic (exact) mass is 337 g/mol. The number of carbonyl (C=O) groups is 2. The second-order valence-electron chi connectivity index (χ2n) is 6.30. The lowest BCUT2D eigenvalue weighted by Crippen LogP contribution is -2.33. The minimum Gasteiger partial charge on any atom is -0.337 e. The Bertz CT molecular complexity index is 782. The van der Waals surface area contributed by atoms with Gasteiger partial charge >= 0.3 is 0 Å². The Morgan fingerprint density at radius 2 is 1.76 bits per heavy atom. The summed E-state index contributed by atoms with van der Waals surface area (Å²) in [6, 6.07) is 12.9.